The maximum atomic E-state index is 13.7. The minimum Gasteiger partial charge on any atom is -0.503 e. The molecule has 0 spiro atoms. The number of aliphatic hydroxyl groups is 1. The van der Waals surface area contributed by atoms with Crippen molar-refractivity contribution in [3.63, 3.8) is 0 Å². The van der Waals surface area contributed by atoms with Gasteiger partial charge < -0.3 is 18.7 Å². The number of amides is 1. The smallest absolute Gasteiger partial charge is 0.294 e. The molecule has 0 fully saturated rings. The molecule has 4 aromatic rings. The van der Waals surface area contributed by atoms with Gasteiger partial charge >= 0.3 is 0 Å². The van der Waals surface area contributed by atoms with Gasteiger partial charge in [-0.2, -0.15) is 0 Å². The number of ketones is 1. The minimum atomic E-state index is -0.954. The molecule has 1 amide bonds. The van der Waals surface area contributed by atoms with E-state index in [1.54, 1.807) is 49.4 Å². The predicted octanol–water partition coefficient (Wildman–Crippen LogP) is 5.74. The summed E-state index contributed by atoms with van der Waals surface area (Å²) >= 11 is 0. The second kappa shape index (κ2) is 7.95. The molecular formula is C27H23NO6. The van der Waals surface area contributed by atoms with E-state index in [9.17, 15) is 14.7 Å². The Morgan fingerprint density at radius 3 is 2.50 bits per heavy atom. The molecule has 172 valence electrons. The van der Waals surface area contributed by atoms with Gasteiger partial charge in [-0.1, -0.05) is 24.3 Å². The monoisotopic (exact) mass is 457 g/mol. The Morgan fingerprint density at radius 2 is 1.79 bits per heavy atom. The zero-order valence-electron chi connectivity index (χ0n) is 19.2. The van der Waals surface area contributed by atoms with E-state index in [-0.39, 0.29) is 11.3 Å². The zero-order valence-corrected chi connectivity index (χ0v) is 19.2. The molecule has 1 aliphatic heterocycles. The van der Waals surface area contributed by atoms with Crippen molar-refractivity contribution < 1.29 is 28.3 Å². The van der Waals surface area contributed by atoms with Crippen molar-refractivity contribution in [2.24, 2.45) is 0 Å². The van der Waals surface area contributed by atoms with Gasteiger partial charge in [0.1, 0.15) is 17.6 Å². The summed E-state index contributed by atoms with van der Waals surface area (Å²) in [4.78, 5) is 28.5. The van der Waals surface area contributed by atoms with Crippen molar-refractivity contribution in [2.45, 2.75) is 26.8 Å². The van der Waals surface area contributed by atoms with Gasteiger partial charge in [0.2, 0.25) is 5.78 Å². The Hall–Kier alpha value is -4.26. The molecule has 0 aliphatic carbocycles. The second-order valence-corrected chi connectivity index (χ2v) is 8.33. The van der Waals surface area contributed by atoms with Gasteiger partial charge in [-0.05, 0) is 62.2 Å². The number of fused-ring (bicyclic) bond motifs is 1. The first-order valence-electron chi connectivity index (χ1n) is 10.8. The minimum absolute atomic E-state index is 0.00931. The number of para-hydroxylation sites is 1. The number of rotatable bonds is 5. The number of aryl methyl sites for hydroxylation is 2. The average Bonchev–Trinajstić information content (AvgIpc) is 3.52. The molecule has 34 heavy (non-hydrogen) atoms. The van der Waals surface area contributed by atoms with Crippen molar-refractivity contribution in [1.29, 1.82) is 0 Å². The third-order valence-electron chi connectivity index (χ3n) is 6.27. The third kappa shape index (κ3) is 3.20. The molecule has 0 radical (unpaired) electrons. The lowest BCUT2D eigenvalue weighted by atomic mass is 9.98. The summed E-state index contributed by atoms with van der Waals surface area (Å²) in [5.41, 5.74) is 2.74. The number of nitrogens with zero attached hydrogens (tertiary/aromatic N) is 1. The SMILES string of the molecule is COc1cccc2cc(C(=O)C3=C(O)C(=O)N(c4cccc(C)c4C)C3c3ccc(C)o3)oc12. The fourth-order valence-corrected chi connectivity index (χ4v) is 4.39. The highest BCUT2D eigenvalue weighted by Gasteiger charge is 2.47. The van der Waals surface area contributed by atoms with Crippen molar-refractivity contribution in [3.05, 3.63) is 94.3 Å². The molecule has 2 aromatic carbocycles. The lowest BCUT2D eigenvalue weighted by molar-refractivity contribution is -0.117. The largest absolute Gasteiger partial charge is 0.503 e. The number of furan rings is 2. The highest BCUT2D eigenvalue weighted by atomic mass is 16.5. The molecule has 2 aromatic heterocycles. The van der Waals surface area contributed by atoms with Gasteiger partial charge in [-0.15, -0.1) is 0 Å². The molecule has 0 saturated heterocycles. The lowest BCUT2D eigenvalue weighted by Crippen LogP contribution is -2.31. The van der Waals surface area contributed by atoms with Crippen LogP contribution in [0, 0.1) is 20.8 Å². The number of anilines is 1. The van der Waals surface area contributed by atoms with Gasteiger partial charge in [0.25, 0.3) is 5.91 Å². The van der Waals surface area contributed by atoms with Crippen molar-refractivity contribution in [3.8, 4) is 5.75 Å². The highest BCUT2D eigenvalue weighted by molar-refractivity contribution is 6.20. The van der Waals surface area contributed by atoms with Crippen LogP contribution >= 0.6 is 0 Å². The maximum Gasteiger partial charge on any atom is 0.294 e. The van der Waals surface area contributed by atoms with Crippen LogP contribution in [-0.4, -0.2) is 23.9 Å². The number of Topliss-reactive ketones (excluding diaryl/α,β-unsaturated/α-hetero) is 1. The zero-order chi connectivity index (χ0) is 24.1. The number of methoxy groups -OCH3 is 1. The van der Waals surface area contributed by atoms with Crippen LogP contribution < -0.4 is 9.64 Å². The first-order valence-corrected chi connectivity index (χ1v) is 10.8. The number of ether oxygens (including phenoxy) is 1. The first kappa shape index (κ1) is 21.6. The highest BCUT2D eigenvalue weighted by Crippen LogP contribution is 2.44. The summed E-state index contributed by atoms with van der Waals surface area (Å²) in [7, 11) is 1.51. The van der Waals surface area contributed by atoms with Gasteiger partial charge in [0, 0.05) is 11.1 Å². The Balaban J connectivity index is 1.68. The molecule has 0 bridgehead atoms. The number of carbonyl (C=O) groups excluding carboxylic acids is 2. The van der Waals surface area contributed by atoms with Crippen molar-refractivity contribution in [1.82, 2.24) is 0 Å². The van der Waals surface area contributed by atoms with Crippen LogP contribution in [0.25, 0.3) is 11.0 Å². The summed E-state index contributed by atoms with van der Waals surface area (Å²) in [5, 5.41) is 11.6. The van der Waals surface area contributed by atoms with E-state index >= 15 is 0 Å². The summed E-state index contributed by atoms with van der Waals surface area (Å²) in [6.45, 7) is 5.61. The summed E-state index contributed by atoms with van der Waals surface area (Å²) in [6, 6.07) is 15.0. The number of hydrogen-bond acceptors (Lipinski definition) is 6. The van der Waals surface area contributed by atoms with Crippen molar-refractivity contribution >= 4 is 28.3 Å². The predicted molar refractivity (Wildman–Crippen MR) is 126 cm³/mol. The molecular weight excluding hydrogens is 434 g/mol. The Labute approximate surface area is 195 Å². The molecule has 7 nitrogen and oxygen atoms in total. The van der Waals surface area contributed by atoms with Crippen molar-refractivity contribution in [2.75, 3.05) is 12.0 Å². The molecule has 1 N–H and O–H groups in total. The van der Waals surface area contributed by atoms with Crippen LogP contribution in [0.3, 0.4) is 0 Å². The Morgan fingerprint density at radius 1 is 1.03 bits per heavy atom. The molecule has 1 unspecified atom stereocenters. The maximum absolute atomic E-state index is 13.7. The van der Waals surface area contributed by atoms with E-state index in [4.69, 9.17) is 13.6 Å². The summed E-state index contributed by atoms with van der Waals surface area (Å²) in [5.74, 6) is -0.446. The van der Waals surface area contributed by atoms with Crippen LogP contribution in [0.5, 0.6) is 5.75 Å². The fourth-order valence-electron chi connectivity index (χ4n) is 4.39. The number of aliphatic hydroxyl groups excluding tert-OH is 1. The molecule has 0 saturated carbocycles. The van der Waals surface area contributed by atoms with E-state index in [0.717, 1.165) is 11.1 Å². The lowest BCUT2D eigenvalue weighted by Gasteiger charge is -2.27. The molecule has 1 aliphatic rings. The van der Waals surface area contributed by atoms with E-state index in [2.05, 4.69) is 0 Å². The summed E-state index contributed by atoms with van der Waals surface area (Å²) in [6.07, 6.45) is 0. The first-order chi connectivity index (χ1) is 16.3. The van der Waals surface area contributed by atoms with Gasteiger partial charge in [0.15, 0.2) is 22.9 Å². The van der Waals surface area contributed by atoms with E-state index < -0.39 is 23.5 Å². The molecule has 1 atom stereocenters. The van der Waals surface area contributed by atoms with Crippen LogP contribution in [-0.2, 0) is 4.79 Å². The standard InChI is InChI=1S/C27H23NO6/c1-14-7-5-9-18(16(14)3)28-23(19-12-11-15(2)33-19)22(25(30)27(28)31)24(29)21-13-17-8-6-10-20(32-4)26(17)34-21/h5-13,23,30H,1-4H3. The molecule has 7 heteroatoms. The Kier molecular flexibility index (Phi) is 5.05. The third-order valence-corrected chi connectivity index (χ3v) is 6.27. The second-order valence-electron chi connectivity index (χ2n) is 8.33. The quantitative estimate of drug-likeness (QED) is 0.384. The van der Waals surface area contributed by atoms with E-state index in [0.29, 0.717) is 33.9 Å². The average molecular weight is 457 g/mol. The fraction of sp³-hybridized carbons (Fsp3) is 0.185. The molecule has 5 rings (SSSR count). The number of benzene rings is 2. The molecule has 3 heterocycles. The van der Waals surface area contributed by atoms with Crippen LogP contribution in [0.15, 0.2) is 74.8 Å². The van der Waals surface area contributed by atoms with Crippen LogP contribution in [0.2, 0.25) is 0 Å². The summed E-state index contributed by atoms with van der Waals surface area (Å²) < 4.78 is 17.0. The normalized spacial score (nSPS) is 16.1. The van der Waals surface area contributed by atoms with E-state index in [1.165, 1.54) is 12.0 Å². The van der Waals surface area contributed by atoms with E-state index in [1.807, 2.05) is 26.0 Å². The topological polar surface area (TPSA) is 93.1 Å². The van der Waals surface area contributed by atoms with Gasteiger partial charge in [0.05, 0.1) is 12.7 Å². The number of carbonyl (C=O) groups is 2. The van der Waals surface area contributed by atoms with Crippen LogP contribution in [0.1, 0.15) is 39.2 Å². The van der Waals surface area contributed by atoms with Gasteiger partial charge in [-0.25, -0.2) is 0 Å². The Bertz CT molecular complexity index is 1490. The van der Waals surface area contributed by atoms with Gasteiger partial charge in [-0.3, -0.25) is 14.5 Å². The van der Waals surface area contributed by atoms with Crippen LogP contribution in [0.4, 0.5) is 5.69 Å². The number of hydrogen-bond donors (Lipinski definition) is 1.